The van der Waals surface area contributed by atoms with E-state index in [0.717, 1.165) is 6.42 Å². The van der Waals surface area contributed by atoms with Crippen LogP contribution < -0.4 is 5.32 Å². The highest BCUT2D eigenvalue weighted by Gasteiger charge is 2.51. The van der Waals surface area contributed by atoms with Gasteiger partial charge in [-0.25, -0.2) is 14.2 Å². The van der Waals surface area contributed by atoms with Crippen LogP contribution in [0.3, 0.4) is 0 Å². The molecule has 1 unspecified atom stereocenters. The Balaban J connectivity index is 1.68. The number of carbonyl (C=O) groups excluding carboxylic acids is 1. The number of anilines is 1. The minimum absolute atomic E-state index is 0.0178. The molecule has 0 aliphatic carbocycles. The molecule has 2 aliphatic heterocycles. The number of aromatic nitrogens is 3. The Hall–Kier alpha value is -1.64. The number of rotatable bonds is 3. The molecule has 2 aliphatic rings. The quantitative estimate of drug-likeness (QED) is 0.821. The van der Waals surface area contributed by atoms with Gasteiger partial charge >= 0.3 is 6.09 Å². The first kappa shape index (κ1) is 18.2. The number of amides is 1. The molecule has 0 aromatic carbocycles. The molecule has 0 radical (unpaired) electrons. The second-order valence-corrected chi connectivity index (χ2v) is 8.22. The molecule has 2 fully saturated rings. The van der Waals surface area contributed by atoms with Crippen molar-refractivity contribution in [3.05, 3.63) is 6.20 Å². The van der Waals surface area contributed by atoms with Gasteiger partial charge in [0, 0.05) is 6.04 Å². The van der Waals surface area contributed by atoms with Crippen molar-refractivity contribution in [3.8, 4) is 0 Å². The largest absolute Gasteiger partial charge is 0.444 e. The first-order valence-corrected chi connectivity index (χ1v) is 9.66. The highest BCUT2D eigenvalue weighted by Crippen LogP contribution is 2.39. The molecule has 3 heterocycles. The van der Waals surface area contributed by atoms with Gasteiger partial charge in [-0.05, 0) is 46.3 Å². The predicted octanol–water partition coefficient (Wildman–Crippen LogP) is 2.88. The average Bonchev–Trinajstić information content (AvgIpc) is 2.89. The number of alkyl halides is 1. The number of nitrogens with zero attached hydrogens (tertiary/aromatic N) is 4. The second kappa shape index (κ2) is 6.93. The lowest BCUT2D eigenvalue weighted by atomic mass is 9.95. The van der Waals surface area contributed by atoms with Crippen molar-refractivity contribution in [3.63, 3.8) is 0 Å². The Bertz CT molecular complexity index is 624. The highest BCUT2D eigenvalue weighted by molar-refractivity contribution is 7.98. The van der Waals surface area contributed by atoms with E-state index in [1.54, 1.807) is 11.1 Å². The number of nitrogens with one attached hydrogen (secondary N) is 1. The van der Waals surface area contributed by atoms with Gasteiger partial charge in [0.25, 0.3) is 0 Å². The number of ether oxygens (including phenoxy) is 1. The molecule has 0 saturated carbocycles. The summed E-state index contributed by atoms with van der Waals surface area (Å²) >= 11 is 1.40. The Morgan fingerprint density at radius 1 is 1.40 bits per heavy atom. The lowest BCUT2D eigenvalue weighted by Gasteiger charge is -2.41. The van der Waals surface area contributed by atoms with Crippen LogP contribution in [-0.4, -0.2) is 62.3 Å². The van der Waals surface area contributed by atoms with Crippen LogP contribution in [0.15, 0.2) is 11.4 Å². The summed E-state index contributed by atoms with van der Waals surface area (Å²) in [6.45, 7) is 5.45. The minimum atomic E-state index is -1.19. The topological polar surface area (TPSA) is 80.2 Å². The summed E-state index contributed by atoms with van der Waals surface area (Å²) in [7, 11) is 0. The predicted molar refractivity (Wildman–Crippen MR) is 93.4 cm³/mol. The van der Waals surface area contributed by atoms with Gasteiger partial charge in [-0.2, -0.15) is 0 Å². The van der Waals surface area contributed by atoms with Gasteiger partial charge in [0.2, 0.25) is 5.16 Å². The van der Waals surface area contributed by atoms with Crippen molar-refractivity contribution in [1.29, 1.82) is 0 Å². The van der Waals surface area contributed by atoms with E-state index >= 15 is 4.39 Å². The van der Waals surface area contributed by atoms with Crippen molar-refractivity contribution < 1.29 is 13.9 Å². The van der Waals surface area contributed by atoms with Crippen molar-refractivity contribution in [2.45, 2.75) is 75.1 Å². The van der Waals surface area contributed by atoms with E-state index in [1.807, 2.05) is 27.0 Å². The fraction of sp³-hybridized carbons (Fsp3) is 0.750. The lowest BCUT2D eigenvalue weighted by molar-refractivity contribution is -0.00834. The van der Waals surface area contributed by atoms with Gasteiger partial charge in [0.15, 0.2) is 5.82 Å². The van der Waals surface area contributed by atoms with Gasteiger partial charge in [0.1, 0.15) is 11.8 Å². The summed E-state index contributed by atoms with van der Waals surface area (Å²) in [4.78, 5) is 18.2. The van der Waals surface area contributed by atoms with Gasteiger partial charge < -0.3 is 10.1 Å². The molecule has 2 saturated heterocycles. The number of fused-ring (bicyclic) bond motifs is 2. The van der Waals surface area contributed by atoms with E-state index in [0.29, 0.717) is 23.8 Å². The lowest BCUT2D eigenvalue weighted by Crippen LogP contribution is -2.57. The third kappa shape index (κ3) is 3.96. The molecular weight excluding hydrogens is 345 g/mol. The zero-order chi connectivity index (χ0) is 18.2. The molecule has 138 valence electrons. The molecule has 1 N–H and O–H groups in total. The Labute approximate surface area is 151 Å². The SMILES string of the molecule is CSc1ncc(N[C@@H]2C[C@H]3CC[C@H](C2F)N3C(=O)OC(C)(C)C)nn1. The van der Waals surface area contributed by atoms with E-state index in [4.69, 9.17) is 4.74 Å². The van der Waals surface area contributed by atoms with Gasteiger partial charge in [0.05, 0.1) is 18.3 Å². The average molecular weight is 369 g/mol. The first-order chi connectivity index (χ1) is 11.8. The van der Waals surface area contributed by atoms with Crippen LogP contribution in [0.5, 0.6) is 0 Å². The van der Waals surface area contributed by atoms with E-state index in [2.05, 4.69) is 20.5 Å². The third-order valence-corrected chi connectivity index (χ3v) is 5.04. The van der Waals surface area contributed by atoms with Crippen LogP contribution in [-0.2, 0) is 4.74 Å². The molecule has 3 rings (SSSR count). The van der Waals surface area contributed by atoms with Crippen LogP contribution in [0.25, 0.3) is 0 Å². The Morgan fingerprint density at radius 3 is 2.76 bits per heavy atom. The molecule has 4 atom stereocenters. The number of carbonyl (C=O) groups is 1. The van der Waals surface area contributed by atoms with Gasteiger partial charge in [-0.3, -0.25) is 4.90 Å². The number of halogens is 1. The maximum absolute atomic E-state index is 15.0. The smallest absolute Gasteiger partial charge is 0.410 e. The highest BCUT2D eigenvalue weighted by atomic mass is 32.2. The molecule has 1 amide bonds. The summed E-state index contributed by atoms with van der Waals surface area (Å²) in [6.07, 6.45) is 3.78. The van der Waals surface area contributed by atoms with Crippen LogP contribution in [0, 0.1) is 0 Å². The minimum Gasteiger partial charge on any atom is -0.444 e. The molecule has 1 aromatic heterocycles. The second-order valence-electron chi connectivity index (χ2n) is 7.45. The Morgan fingerprint density at radius 2 is 2.16 bits per heavy atom. The molecule has 2 bridgehead atoms. The number of piperidine rings is 1. The molecule has 25 heavy (non-hydrogen) atoms. The molecular formula is C16H24FN5O2S. The summed E-state index contributed by atoms with van der Waals surface area (Å²) in [5, 5.41) is 11.7. The summed E-state index contributed by atoms with van der Waals surface area (Å²) in [5.74, 6) is 0.454. The molecule has 1 aromatic rings. The number of thioether (sulfide) groups is 1. The van der Waals surface area contributed by atoms with Gasteiger partial charge in [-0.1, -0.05) is 11.8 Å². The van der Waals surface area contributed by atoms with E-state index in [1.165, 1.54) is 11.8 Å². The molecule has 0 spiro atoms. The van der Waals surface area contributed by atoms with Crippen molar-refractivity contribution in [1.82, 2.24) is 20.1 Å². The number of hydrogen-bond donors (Lipinski definition) is 1. The Kier molecular flexibility index (Phi) is 5.04. The van der Waals surface area contributed by atoms with Crippen LogP contribution in [0.1, 0.15) is 40.0 Å². The fourth-order valence-electron chi connectivity index (χ4n) is 3.50. The van der Waals surface area contributed by atoms with E-state index in [9.17, 15) is 4.79 Å². The van der Waals surface area contributed by atoms with Crippen LogP contribution >= 0.6 is 11.8 Å². The van der Waals surface area contributed by atoms with Crippen LogP contribution in [0.4, 0.5) is 15.0 Å². The fourth-order valence-corrected chi connectivity index (χ4v) is 3.78. The van der Waals surface area contributed by atoms with E-state index < -0.39 is 29.9 Å². The molecule has 9 heteroatoms. The third-order valence-electron chi connectivity index (χ3n) is 4.49. The normalized spacial score (nSPS) is 28.8. The van der Waals surface area contributed by atoms with Crippen molar-refractivity contribution >= 4 is 23.7 Å². The number of hydrogen-bond acceptors (Lipinski definition) is 7. The van der Waals surface area contributed by atoms with Crippen LogP contribution in [0.2, 0.25) is 0 Å². The summed E-state index contributed by atoms with van der Waals surface area (Å²) in [6, 6.07) is -0.888. The zero-order valence-corrected chi connectivity index (χ0v) is 15.7. The van der Waals surface area contributed by atoms with Crippen molar-refractivity contribution in [2.24, 2.45) is 0 Å². The maximum Gasteiger partial charge on any atom is 0.410 e. The van der Waals surface area contributed by atoms with Crippen molar-refractivity contribution in [2.75, 3.05) is 11.6 Å². The zero-order valence-electron chi connectivity index (χ0n) is 14.9. The van der Waals surface area contributed by atoms with Gasteiger partial charge in [-0.15, -0.1) is 10.2 Å². The van der Waals surface area contributed by atoms with E-state index in [-0.39, 0.29) is 6.04 Å². The monoisotopic (exact) mass is 369 g/mol. The maximum atomic E-state index is 15.0. The standard InChI is InChI=1S/C16H24FN5O2S/c1-16(2,3)24-15(23)22-9-5-6-11(22)13(17)10(7-9)19-12-8-18-14(25-4)21-20-12/h8-11,13H,5-7H2,1-4H3,(H,19,20)/t9-,10-,11-,13?/m1/s1. The summed E-state index contributed by atoms with van der Waals surface area (Å²) in [5.41, 5.74) is -0.586. The molecule has 7 nitrogen and oxygen atoms in total. The first-order valence-electron chi connectivity index (χ1n) is 8.44. The summed E-state index contributed by atoms with van der Waals surface area (Å²) < 4.78 is 20.5.